The Morgan fingerprint density at radius 1 is 1.16 bits per heavy atom. The van der Waals surface area contributed by atoms with E-state index >= 15 is 0 Å². The summed E-state index contributed by atoms with van der Waals surface area (Å²) in [4.78, 5) is 26.5. The van der Waals surface area contributed by atoms with Gasteiger partial charge in [0.1, 0.15) is 0 Å². The largest absolute Gasteiger partial charge is 0.378 e. The Morgan fingerprint density at radius 3 is 2.44 bits per heavy atom. The number of morpholine rings is 1. The average Bonchev–Trinajstić information content (AvgIpc) is 3.06. The van der Waals surface area contributed by atoms with Gasteiger partial charge in [0.2, 0.25) is 5.91 Å². The zero-order chi connectivity index (χ0) is 17.9. The Bertz CT molecular complexity index is 547. The molecule has 1 saturated carbocycles. The quantitative estimate of drug-likeness (QED) is 0.811. The fourth-order valence-corrected chi connectivity index (χ4v) is 4.29. The number of hydrazine groups is 1. The number of carbonyl (C=O) groups is 2. The van der Waals surface area contributed by atoms with Gasteiger partial charge in [0, 0.05) is 31.6 Å². The van der Waals surface area contributed by atoms with Crippen LogP contribution in [0.4, 0.5) is 0 Å². The monoisotopic (exact) mass is 348 g/mol. The third-order valence-corrected chi connectivity index (χ3v) is 5.89. The molecule has 0 radical (unpaired) electrons. The van der Waals surface area contributed by atoms with Crippen LogP contribution in [0.2, 0.25) is 0 Å². The molecule has 7 heteroatoms. The van der Waals surface area contributed by atoms with E-state index in [4.69, 9.17) is 4.74 Å². The van der Waals surface area contributed by atoms with Crippen molar-refractivity contribution in [3.8, 4) is 6.07 Å². The molecule has 7 nitrogen and oxygen atoms in total. The fourth-order valence-electron chi connectivity index (χ4n) is 4.29. The summed E-state index contributed by atoms with van der Waals surface area (Å²) in [6, 6.07) is 2.46. The van der Waals surface area contributed by atoms with Crippen molar-refractivity contribution in [2.75, 3.05) is 32.8 Å². The molecule has 3 aliphatic rings. The molecule has 3 fully saturated rings. The van der Waals surface area contributed by atoms with E-state index in [9.17, 15) is 14.9 Å². The van der Waals surface area contributed by atoms with Crippen molar-refractivity contribution in [2.45, 2.75) is 57.0 Å². The first-order chi connectivity index (χ1) is 12.1. The Hall–Kier alpha value is -1.49. The number of carbonyl (C=O) groups excluding carboxylic acids is 2. The summed E-state index contributed by atoms with van der Waals surface area (Å²) in [6.45, 7) is 4.90. The lowest BCUT2D eigenvalue weighted by atomic mass is 9.85. The van der Waals surface area contributed by atoms with Gasteiger partial charge in [-0.25, -0.2) is 5.01 Å². The minimum atomic E-state index is -1.01. The van der Waals surface area contributed by atoms with Gasteiger partial charge in [-0.15, -0.1) is 0 Å². The van der Waals surface area contributed by atoms with E-state index in [0.29, 0.717) is 32.7 Å². The molecule has 3 rings (SSSR count). The summed E-state index contributed by atoms with van der Waals surface area (Å²) >= 11 is 0. The first kappa shape index (κ1) is 18.3. The summed E-state index contributed by atoms with van der Waals surface area (Å²) in [7, 11) is 0. The lowest BCUT2D eigenvalue weighted by Crippen LogP contribution is -2.58. The Labute approximate surface area is 149 Å². The molecule has 1 aliphatic carbocycles. The second-order valence-electron chi connectivity index (χ2n) is 7.40. The summed E-state index contributed by atoms with van der Waals surface area (Å²) in [5.41, 5.74) is 2.41. The first-order valence-electron chi connectivity index (χ1n) is 9.39. The predicted octanol–water partition coefficient (Wildman–Crippen LogP) is 0.856. The normalized spacial score (nSPS) is 33.8. The van der Waals surface area contributed by atoms with Gasteiger partial charge in [0.25, 0.3) is 0 Å². The SMILES string of the molecule is CC(=O)[C@@]1(C#N)CCCN1NC1CCC(C(=O)N2CCOCC2)CC1. The van der Waals surface area contributed by atoms with E-state index in [-0.39, 0.29) is 23.7 Å². The molecule has 1 N–H and O–H groups in total. The number of nitriles is 1. The summed E-state index contributed by atoms with van der Waals surface area (Å²) in [6.07, 6.45) is 4.97. The second-order valence-corrected chi connectivity index (χ2v) is 7.40. The number of Topliss-reactive ketones (excluding diaryl/α,β-unsaturated/α-hetero) is 1. The van der Waals surface area contributed by atoms with Gasteiger partial charge >= 0.3 is 0 Å². The molecule has 0 bridgehead atoms. The molecular formula is C18H28N4O3. The number of ether oxygens (including phenoxy) is 1. The van der Waals surface area contributed by atoms with Crippen LogP contribution in [0.25, 0.3) is 0 Å². The van der Waals surface area contributed by atoms with Crippen LogP contribution in [0.15, 0.2) is 0 Å². The number of hydrogen-bond donors (Lipinski definition) is 1. The zero-order valence-electron chi connectivity index (χ0n) is 15.0. The molecule has 0 aromatic rings. The van der Waals surface area contributed by atoms with Crippen LogP contribution in [0, 0.1) is 17.2 Å². The minimum absolute atomic E-state index is 0.0869. The number of hydrogen-bond acceptors (Lipinski definition) is 6. The van der Waals surface area contributed by atoms with Crippen molar-refractivity contribution in [1.29, 1.82) is 5.26 Å². The van der Waals surface area contributed by atoms with Crippen molar-refractivity contribution in [1.82, 2.24) is 15.3 Å². The molecule has 2 saturated heterocycles. The van der Waals surface area contributed by atoms with Crippen LogP contribution in [0.1, 0.15) is 45.4 Å². The summed E-state index contributed by atoms with van der Waals surface area (Å²) in [5.74, 6) is 0.275. The van der Waals surface area contributed by atoms with Crippen LogP contribution >= 0.6 is 0 Å². The van der Waals surface area contributed by atoms with E-state index in [0.717, 1.165) is 38.6 Å². The van der Waals surface area contributed by atoms with Gasteiger partial charge in [0.05, 0.1) is 19.3 Å². The lowest BCUT2D eigenvalue weighted by molar-refractivity contribution is -0.140. The highest BCUT2D eigenvalue weighted by molar-refractivity contribution is 5.89. The number of nitrogens with one attached hydrogen (secondary N) is 1. The van der Waals surface area contributed by atoms with E-state index < -0.39 is 5.54 Å². The Kier molecular flexibility index (Phi) is 5.72. The number of rotatable bonds is 4. The third-order valence-electron chi connectivity index (χ3n) is 5.89. The lowest BCUT2D eigenvalue weighted by Gasteiger charge is -2.38. The van der Waals surface area contributed by atoms with Gasteiger partial charge < -0.3 is 9.64 Å². The van der Waals surface area contributed by atoms with E-state index in [1.54, 1.807) is 0 Å². The van der Waals surface area contributed by atoms with Crippen LogP contribution in [0.3, 0.4) is 0 Å². The van der Waals surface area contributed by atoms with Crippen LogP contribution < -0.4 is 5.43 Å². The number of ketones is 1. The molecule has 0 aromatic carbocycles. The molecule has 1 amide bonds. The average molecular weight is 348 g/mol. The van der Waals surface area contributed by atoms with E-state index in [1.165, 1.54) is 6.92 Å². The van der Waals surface area contributed by atoms with Gasteiger partial charge in [-0.3, -0.25) is 15.0 Å². The molecule has 0 aromatic heterocycles. The Balaban J connectivity index is 1.52. The molecule has 2 aliphatic heterocycles. The Morgan fingerprint density at radius 2 is 1.84 bits per heavy atom. The van der Waals surface area contributed by atoms with Crippen molar-refractivity contribution in [2.24, 2.45) is 5.92 Å². The highest BCUT2D eigenvalue weighted by atomic mass is 16.5. The maximum Gasteiger partial charge on any atom is 0.225 e. The standard InChI is InChI=1S/C18H28N4O3/c1-14(23)18(13-19)7-2-8-22(18)20-16-5-3-15(4-6-16)17(24)21-9-11-25-12-10-21/h15-16,20H,2-12H2,1H3/t15?,16?,18-/m0/s1. The third kappa shape index (κ3) is 3.71. The summed E-state index contributed by atoms with van der Waals surface area (Å²) < 4.78 is 5.31. The first-order valence-corrected chi connectivity index (χ1v) is 9.39. The van der Waals surface area contributed by atoms with Gasteiger partial charge in [0.15, 0.2) is 11.3 Å². The van der Waals surface area contributed by atoms with Gasteiger partial charge in [-0.1, -0.05) is 0 Å². The van der Waals surface area contributed by atoms with E-state index in [2.05, 4.69) is 11.5 Å². The van der Waals surface area contributed by atoms with Crippen LogP contribution in [-0.2, 0) is 14.3 Å². The molecule has 2 heterocycles. The molecule has 138 valence electrons. The van der Waals surface area contributed by atoms with Crippen molar-refractivity contribution >= 4 is 11.7 Å². The highest BCUT2D eigenvalue weighted by Gasteiger charge is 2.46. The zero-order valence-corrected chi connectivity index (χ0v) is 15.0. The topological polar surface area (TPSA) is 85.7 Å². The number of amides is 1. The molecule has 1 atom stereocenters. The maximum atomic E-state index is 12.6. The highest BCUT2D eigenvalue weighted by Crippen LogP contribution is 2.31. The molecule has 0 unspecified atom stereocenters. The van der Waals surface area contributed by atoms with Crippen LogP contribution in [-0.4, -0.2) is 66.0 Å². The molecular weight excluding hydrogens is 320 g/mol. The van der Waals surface area contributed by atoms with E-state index in [1.807, 2.05) is 9.91 Å². The minimum Gasteiger partial charge on any atom is -0.378 e. The molecule has 25 heavy (non-hydrogen) atoms. The van der Waals surface area contributed by atoms with Crippen molar-refractivity contribution in [3.05, 3.63) is 0 Å². The van der Waals surface area contributed by atoms with Gasteiger partial charge in [-0.2, -0.15) is 5.26 Å². The predicted molar refractivity (Wildman–Crippen MR) is 91.2 cm³/mol. The molecule has 0 spiro atoms. The van der Waals surface area contributed by atoms with Crippen molar-refractivity contribution in [3.63, 3.8) is 0 Å². The summed E-state index contributed by atoms with van der Waals surface area (Å²) in [5, 5.41) is 11.4. The maximum absolute atomic E-state index is 12.6. The second kappa shape index (κ2) is 7.81. The van der Waals surface area contributed by atoms with Crippen LogP contribution in [0.5, 0.6) is 0 Å². The number of nitrogens with zero attached hydrogens (tertiary/aromatic N) is 3. The smallest absolute Gasteiger partial charge is 0.225 e. The van der Waals surface area contributed by atoms with Crippen molar-refractivity contribution < 1.29 is 14.3 Å². The van der Waals surface area contributed by atoms with Gasteiger partial charge in [-0.05, 0) is 45.4 Å². The fraction of sp³-hybridized carbons (Fsp3) is 0.833.